The second kappa shape index (κ2) is 6.85. The third-order valence-corrected chi connectivity index (χ3v) is 3.51. The lowest BCUT2D eigenvalue weighted by molar-refractivity contribution is -0.135. The van der Waals surface area contributed by atoms with Crippen LogP contribution in [0.2, 0.25) is 0 Å². The fourth-order valence-corrected chi connectivity index (χ4v) is 2.43. The minimum Gasteiger partial charge on any atom is -0.379 e. The molecule has 0 spiro atoms. The molecule has 1 aromatic rings. The Labute approximate surface area is 119 Å². The summed E-state index contributed by atoms with van der Waals surface area (Å²) in [4.78, 5) is 14.2. The van der Waals surface area contributed by atoms with E-state index in [2.05, 4.69) is 17.4 Å². The predicted molar refractivity (Wildman–Crippen MR) is 74.1 cm³/mol. The summed E-state index contributed by atoms with van der Waals surface area (Å²) < 4.78 is 10.5. The number of nitrogens with one attached hydrogen (secondary N) is 1. The van der Waals surface area contributed by atoms with E-state index in [9.17, 15) is 4.79 Å². The number of amides is 1. The van der Waals surface area contributed by atoms with Gasteiger partial charge in [-0.1, -0.05) is 12.1 Å². The van der Waals surface area contributed by atoms with Gasteiger partial charge in [0.05, 0.1) is 25.7 Å². The van der Waals surface area contributed by atoms with Gasteiger partial charge in [-0.3, -0.25) is 4.79 Å². The molecule has 1 aromatic heterocycles. The normalized spacial score (nSPS) is 22.1. The Kier molecular flexibility index (Phi) is 5.14. The van der Waals surface area contributed by atoms with Crippen LogP contribution in [0.3, 0.4) is 0 Å². The molecule has 0 radical (unpaired) electrons. The standard InChI is InChI=1S/C14H23N3O3/c1-4-5-15-13-9-19-8-12(13)14(18)17(3)7-11-6-10(2)20-16-11/h6,12-13,15H,4-5,7-9H2,1-3H3. The predicted octanol–water partition coefficient (Wildman–Crippen LogP) is 0.956. The van der Waals surface area contributed by atoms with Crippen molar-refractivity contribution in [2.75, 3.05) is 26.8 Å². The molecule has 2 rings (SSSR count). The Bertz CT molecular complexity index is 447. The molecular formula is C14H23N3O3. The molecule has 2 unspecified atom stereocenters. The molecule has 2 heterocycles. The maximum absolute atomic E-state index is 12.5. The van der Waals surface area contributed by atoms with E-state index >= 15 is 0 Å². The molecule has 0 aromatic carbocycles. The molecule has 1 fully saturated rings. The third kappa shape index (κ3) is 3.58. The first-order valence-corrected chi connectivity index (χ1v) is 7.10. The van der Waals surface area contributed by atoms with Crippen molar-refractivity contribution in [3.8, 4) is 0 Å². The Morgan fingerprint density at radius 3 is 3.00 bits per heavy atom. The van der Waals surface area contributed by atoms with Gasteiger partial charge >= 0.3 is 0 Å². The van der Waals surface area contributed by atoms with Crippen LogP contribution in [0, 0.1) is 12.8 Å². The number of rotatable bonds is 6. The second-order valence-electron chi connectivity index (χ2n) is 5.33. The van der Waals surface area contributed by atoms with Gasteiger partial charge in [0, 0.05) is 19.2 Å². The summed E-state index contributed by atoms with van der Waals surface area (Å²) in [6, 6.07) is 1.96. The molecule has 0 bridgehead atoms. The SMILES string of the molecule is CCCNC1COCC1C(=O)N(C)Cc1cc(C)on1. The van der Waals surface area contributed by atoms with Crippen molar-refractivity contribution >= 4 is 5.91 Å². The fraction of sp³-hybridized carbons (Fsp3) is 0.714. The number of ether oxygens (including phenoxy) is 1. The number of aromatic nitrogens is 1. The fourth-order valence-electron chi connectivity index (χ4n) is 2.43. The zero-order chi connectivity index (χ0) is 14.5. The molecule has 20 heavy (non-hydrogen) atoms. The summed E-state index contributed by atoms with van der Waals surface area (Å²) in [5.74, 6) is 0.740. The van der Waals surface area contributed by atoms with E-state index in [0.29, 0.717) is 19.8 Å². The van der Waals surface area contributed by atoms with Crippen molar-refractivity contribution in [3.05, 3.63) is 17.5 Å². The molecule has 1 saturated heterocycles. The molecule has 1 amide bonds. The maximum Gasteiger partial charge on any atom is 0.229 e. The van der Waals surface area contributed by atoms with Gasteiger partial charge in [0.1, 0.15) is 11.5 Å². The zero-order valence-corrected chi connectivity index (χ0v) is 12.4. The molecule has 6 heteroatoms. The topological polar surface area (TPSA) is 67.6 Å². The van der Waals surface area contributed by atoms with Crippen molar-refractivity contribution in [2.24, 2.45) is 5.92 Å². The summed E-state index contributed by atoms with van der Waals surface area (Å²) in [6.07, 6.45) is 1.05. The van der Waals surface area contributed by atoms with Crippen LogP contribution in [-0.4, -0.2) is 48.8 Å². The molecule has 1 aliphatic rings. The average molecular weight is 281 g/mol. The molecule has 0 saturated carbocycles. The van der Waals surface area contributed by atoms with Crippen LogP contribution in [0.15, 0.2) is 10.6 Å². The Balaban J connectivity index is 1.91. The van der Waals surface area contributed by atoms with Crippen LogP contribution in [0.25, 0.3) is 0 Å². The Morgan fingerprint density at radius 2 is 2.35 bits per heavy atom. The van der Waals surface area contributed by atoms with E-state index in [4.69, 9.17) is 9.26 Å². The number of nitrogens with zero attached hydrogens (tertiary/aromatic N) is 2. The van der Waals surface area contributed by atoms with Gasteiger partial charge in [-0.05, 0) is 19.9 Å². The van der Waals surface area contributed by atoms with Gasteiger partial charge in [-0.25, -0.2) is 0 Å². The van der Waals surface area contributed by atoms with E-state index in [1.54, 1.807) is 11.9 Å². The number of hydrogen-bond donors (Lipinski definition) is 1. The van der Waals surface area contributed by atoms with Gasteiger partial charge < -0.3 is 19.5 Å². The van der Waals surface area contributed by atoms with Crippen molar-refractivity contribution in [2.45, 2.75) is 32.9 Å². The lowest BCUT2D eigenvalue weighted by atomic mass is 10.0. The largest absolute Gasteiger partial charge is 0.379 e. The van der Waals surface area contributed by atoms with Gasteiger partial charge in [0.15, 0.2) is 0 Å². The lowest BCUT2D eigenvalue weighted by Gasteiger charge is -2.23. The van der Waals surface area contributed by atoms with E-state index in [0.717, 1.165) is 24.4 Å². The molecule has 2 atom stereocenters. The number of carbonyl (C=O) groups excluding carboxylic acids is 1. The number of carbonyl (C=O) groups is 1. The molecule has 6 nitrogen and oxygen atoms in total. The summed E-state index contributed by atoms with van der Waals surface area (Å²) in [6.45, 7) is 6.42. The zero-order valence-electron chi connectivity index (χ0n) is 12.4. The van der Waals surface area contributed by atoms with Crippen molar-refractivity contribution in [1.82, 2.24) is 15.4 Å². The summed E-state index contributed by atoms with van der Waals surface area (Å²) >= 11 is 0. The number of hydrogen-bond acceptors (Lipinski definition) is 5. The highest BCUT2D eigenvalue weighted by molar-refractivity contribution is 5.79. The van der Waals surface area contributed by atoms with Crippen molar-refractivity contribution in [3.63, 3.8) is 0 Å². The number of aryl methyl sites for hydroxylation is 1. The van der Waals surface area contributed by atoms with Crippen LogP contribution in [0.4, 0.5) is 0 Å². The van der Waals surface area contributed by atoms with Crippen LogP contribution < -0.4 is 5.32 Å². The first-order chi connectivity index (χ1) is 9.61. The highest BCUT2D eigenvalue weighted by Gasteiger charge is 2.35. The maximum atomic E-state index is 12.5. The van der Waals surface area contributed by atoms with Gasteiger partial charge in [-0.2, -0.15) is 0 Å². The summed E-state index contributed by atoms with van der Waals surface area (Å²) in [7, 11) is 1.79. The van der Waals surface area contributed by atoms with E-state index in [1.165, 1.54) is 0 Å². The van der Waals surface area contributed by atoms with Crippen LogP contribution in [0.5, 0.6) is 0 Å². The molecule has 0 aliphatic carbocycles. The highest BCUT2D eigenvalue weighted by atomic mass is 16.5. The molecule has 112 valence electrons. The van der Waals surface area contributed by atoms with Crippen molar-refractivity contribution < 1.29 is 14.1 Å². The molecule has 1 aliphatic heterocycles. The smallest absolute Gasteiger partial charge is 0.229 e. The third-order valence-electron chi connectivity index (χ3n) is 3.51. The Hall–Kier alpha value is -1.40. The van der Waals surface area contributed by atoms with E-state index in [1.807, 2.05) is 13.0 Å². The minimum absolute atomic E-state index is 0.0942. The van der Waals surface area contributed by atoms with Crippen LogP contribution in [0.1, 0.15) is 24.8 Å². The first kappa shape index (κ1) is 15.0. The summed E-state index contributed by atoms with van der Waals surface area (Å²) in [5, 5.41) is 7.30. The summed E-state index contributed by atoms with van der Waals surface area (Å²) in [5.41, 5.74) is 0.773. The van der Waals surface area contributed by atoms with Crippen molar-refractivity contribution in [1.29, 1.82) is 0 Å². The van der Waals surface area contributed by atoms with Gasteiger partial charge in [-0.15, -0.1) is 0 Å². The monoisotopic (exact) mass is 281 g/mol. The Morgan fingerprint density at radius 1 is 1.55 bits per heavy atom. The van der Waals surface area contributed by atoms with E-state index in [-0.39, 0.29) is 17.9 Å². The van der Waals surface area contributed by atoms with Gasteiger partial charge in [0.25, 0.3) is 0 Å². The highest BCUT2D eigenvalue weighted by Crippen LogP contribution is 2.17. The van der Waals surface area contributed by atoms with Crippen LogP contribution >= 0.6 is 0 Å². The first-order valence-electron chi connectivity index (χ1n) is 7.10. The minimum atomic E-state index is -0.112. The van der Waals surface area contributed by atoms with E-state index < -0.39 is 0 Å². The lowest BCUT2D eigenvalue weighted by Crippen LogP contribution is -2.44. The molecule has 1 N–H and O–H groups in total. The quantitative estimate of drug-likeness (QED) is 0.841. The second-order valence-corrected chi connectivity index (χ2v) is 5.33. The van der Waals surface area contributed by atoms with Gasteiger partial charge in [0.2, 0.25) is 5.91 Å². The molecular weight excluding hydrogens is 258 g/mol. The average Bonchev–Trinajstić information content (AvgIpc) is 3.04. The van der Waals surface area contributed by atoms with Crippen LogP contribution in [-0.2, 0) is 16.1 Å².